The molecule has 3 N–H and O–H groups in total. The van der Waals surface area contributed by atoms with Gasteiger partial charge in [0.1, 0.15) is 0 Å². The first kappa shape index (κ1) is 10.4. The van der Waals surface area contributed by atoms with Gasteiger partial charge in [0.15, 0.2) is 0 Å². The SMILES string of the molecule is CCC(N)CC[C@H](C)C(=O)O. The molecule has 1 unspecified atom stereocenters. The number of carbonyl (C=O) groups is 1. The summed E-state index contributed by atoms with van der Waals surface area (Å²) in [4.78, 5) is 10.4. The Labute approximate surface area is 67.6 Å². The first-order valence-electron chi connectivity index (χ1n) is 4.06. The van der Waals surface area contributed by atoms with Crippen molar-refractivity contribution in [3.05, 3.63) is 0 Å². The third kappa shape index (κ3) is 4.79. The molecular formula is C8H17NO2. The van der Waals surface area contributed by atoms with Crippen LogP contribution in [0.15, 0.2) is 0 Å². The van der Waals surface area contributed by atoms with E-state index in [0.29, 0.717) is 6.42 Å². The highest BCUT2D eigenvalue weighted by molar-refractivity contribution is 5.69. The highest BCUT2D eigenvalue weighted by atomic mass is 16.4. The number of carboxylic acid groups (broad SMARTS) is 1. The van der Waals surface area contributed by atoms with E-state index in [1.54, 1.807) is 6.92 Å². The van der Waals surface area contributed by atoms with Crippen LogP contribution in [0.4, 0.5) is 0 Å². The standard InChI is InChI=1S/C8H17NO2/c1-3-7(9)5-4-6(2)8(10)11/h6-7H,3-5,9H2,1-2H3,(H,10,11)/t6-,7?/m0/s1. The molecule has 3 nitrogen and oxygen atoms in total. The molecule has 0 spiro atoms. The molecule has 0 heterocycles. The van der Waals surface area contributed by atoms with Crippen LogP contribution in [-0.4, -0.2) is 17.1 Å². The Kier molecular flexibility index (Phi) is 4.86. The molecule has 0 aromatic rings. The van der Waals surface area contributed by atoms with E-state index in [9.17, 15) is 4.79 Å². The lowest BCUT2D eigenvalue weighted by atomic mass is 10.0. The first-order valence-corrected chi connectivity index (χ1v) is 4.06. The Bertz CT molecular complexity index is 125. The van der Waals surface area contributed by atoms with Crippen molar-refractivity contribution in [1.82, 2.24) is 0 Å². The average Bonchev–Trinajstić information content (AvgIpc) is 1.99. The Hall–Kier alpha value is -0.570. The fourth-order valence-corrected chi connectivity index (χ4v) is 0.792. The Balaban J connectivity index is 3.45. The molecule has 0 saturated heterocycles. The van der Waals surface area contributed by atoms with Gasteiger partial charge in [-0.1, -0.05) is 13.8 Å². The lowest BCUT2D eigenvalue weighted by Gasteiger charge is -2.10. The molecule has 0 bridgehead atoms. The van der Waals surface area contributed by atoms with Gasteiger partial charge < -0.3 is 10.8 Å². The maximum Gasteiger partial charge on any atom is 0.306 e. The monoisotopic (exact) mass is 159 g/mol. The zero-order chi connectivity index (χ0) is 8.85. The third-order valence-corrected chi connectivity index (χ3v) is 1.92. The summed E-state index contributed by atoms with van der Waals surface area (Å²) in [5.41, 5.74) is 5.63. The maximum atomic E-state index is 10.4. The largest absolute Gasteiger partial charge is 0.481 e. The Morgan fingerprint density at radius 3 is 2.45 bits per heavy atom. The summed E-state index contributed by atoms with van der Waals surface area (Å²) in [5.74, 6) is -0.985. The highest BCUT2D eigenvalue weighted by Gasteiger charge is 2.11. The molecule has 3 heteroatoms. The number of rotatable bonds is 5. The van der Waals surface area contributed by atoms with Gasteiger partial charge in [-0.25, -0.2) is 0 Å². The van der Waals surface area contributed by atoms with Gasteiger partial charge in [0, 0.05) is 6.04 Å². The van der Waals surface area contributed by atoms with Crippen molar-refractivity contribution in [1.29, 1.82) is 0 Å². The van der Waals surface area contributed by atoms with E-state index in [4.69, 9.17) is 10.8 Å². The zero-order valence-electron chi connectivity index (χ0n) is 7.21. The topological polar surface area (TPSA) is 63.3 Å². The summed E-state index contributed by atoms with van der Waals surface area (Å²) in [6, 6.07) is 0.164. The second-order valence-electron chi connectivity index (χ2n) is 2.98. The molecule has 0 aliphatic heterocycles. The van der Waals surface area contributed by atoms with Crippen LogP contribution in [0.1, 0.15) is 33.1 Å². The van der Waals surface area contributed by atoms with Crippen LogP contribution in [0, 0.1) is 5.92 Å². The Morgan fingerprint density at radius 2 is 2.09 bits per heavy atom. The zero-order valence-corrected chi connectivity index (χ0v) is 7.21. The van der Waals surface area contributed by atoms with E-state index in [1.807, 2.05) is 6.92 Å². The van der Waals surface area contributed by atoms with Crippen LogP contribution < -0.4 is 5.73 Å². The van der Waals surface area contributed by atoms with E-state index in [2.05, 4.69) is 0 Å². The molecule has 0 radical (unpaired) electrons. The molecule has 0 amide bonds. The van der Waals surface area contributed by atoms with Crippen molar-refractivity contribution in [3.63, 3.8) is 0 Å². The van der Waals surface area contributed by atoms with Crippen molar-refractivity contribution in [2.45, 2.75) is 39.2 Å². The van der Waals surface area contributed by atoms with Gasteiger partial charge in [-0.2, -0.15) is 0 Å². The molecular weight excluding hydrogens is 142 g/mol. The van der Waals surface area contributed by atoms with Gasteiger partial charge in [-0.3, -0.25) is 4.79 Å². The smallest absolute Gasteiger partial charge is 0.306 e. The summed E-state index contributed by atoms with van der Waals surface area (Å²) in [7, 11) is 0. The predicted molar refractivity (Wildman–Crippen MR) is 44.3 cm³/mol. The number of hydrogen-bond acceptors (Lipinski definition) is 2. The first-order chi connectivity index (χ1) is 5.07. The highest BCUT2D eigenvalue weighted by Crippen LogP contribution is 2.08. The molecule has 0 aliphatic rings. The van der Waals surface area contributed by atoms with Crippen LogP contribution in [0.25, 0.3) is 0 Å². The van der Waals surface area contributed by atoms with Gasteiger partial charge in [-0.15, -0.1) is 0 Å². The number of carboxylic acids is 1. The molecule has 2 atom stereocenters. The molecule has 0 aromatic carbocycles. The van der Waals surface area contributed by atoms with Gasteiger partial charge in [0.05, 0.1) is 5.92 Å². The summed E-state index contributed by atoms with van der Waals surface area (Å²) in [6.45, 7) is 3.72. The second-order valence-corrected chi connectivity index (χ2v) is 2.98. The number of nitrogens with two attached hydrogens (primary N) is 1. The maximum absolute atomic E-state index is 10.4. The van der Waals surface area contributed by atoms with Gasteiger partial charge in [-0.05, 0) is 19.3 Å². The lowest BCUT2D eigenvalue weighted by molar-refractivity contribution is -0.141. The minimum atomic E-state index is -0.728. The quantitative estimate of drug-likeness (QED) is 0.634. The Morgan fingerprint density at radius 1 is 1.55 bits per heavy atom. The molecule has 66 valence electrons. The second kappa shape index (κ2) is 5.13. The molecule has 0 aromatic heterocycles. The van der Waals surface area contributed by atoms with Crippen LogP contribution in [0.2, 0.25) is 0 Å². The van der Waals surface area contributed by atoms with Crippen LogP contribution >= 0.6 is 0 Å². The summed E-state index contributed by atoms with van der Waals surface area (Å²) in [5, 5.41) is 8.53. The van der Waals surface area contributed by atoms with Gasteiger partial charge in [0.2, 0.25) is 0 Å². The van der Waals surface area contributed by atoms with E-state index in [1.165, 1.54) is 0 Å². The van der Waals surface area contributed by atoms with Crippen LogP contribution in [0.3, 0.4) is 0 Å². The van der Waals surface area contributed by atoms with E-state index < -0.39 is 5.97 Å². The third-order valence-electron chi connectivity index (χ3n) is 1.92. The fourth-order valence-electron chi connectivity index (χ4n) is 0.792. The number of aliphatic carboxylic acids is 1. The van der Waals surface area contributed by atoms with Crippen LogP contribution in [0.5, 0.6) is 0 Å². The van der Waals surface area contributed by atoms with Crippen LogP contribution in [-0.2, 0) is 4.79 Å². The fraction of sp³-hybridized carbons (Fsp3) is 0.875. The molecule has 0 fully saturated rings. The van der Waals surface area contributed by atoms with E-state index in [-0.39, 0.29) is 12.0 Å². The van der Waals surface area contributed by atoms with Crippen molar-refractivity contribution >= 4 is 5.97 Å². The van der Waals surface area contributed by atoms with Crippen molar-refractivity contribution < 1.29 is 9.90 Å². The summed E-state index contributed by atoms with van der Waals surface area (Å²) < 4.78 is 0. The minimum Gasteiger partial charge on any atom is -0.481 e. The number of hydrogen-bond donors (Lipinski definition) is 2. The average molecular weight is 159 g/mol. The van der Waals surface area contributed by atoms with Crippen molar-refractivity contribution in [2.75, 3.05) is 0 Å². The van der Waals surface area contributed by atoms with Crippen molar-refractivity contribution in [3.8, 4) is 0 Å². The molecule has 11 heavy (non-hydrogen) atoms. The van der Waals surface area contributed by atoms with E-state index >= 15 is 0 Å². The molecule has 0 saturated carbocycles. The normalized spacial score (nSPS) is 15.9. The van der Waals surface area contributed by atoms with Crippen molar-refractivity contribution in [2.24, 2.45) is 11.7 Å². The summed E-state index contributed by atoms with van der Waals surface area (Å²) in [6.07, 6.45) is 2.42. The van der Waals surface area contributed by atoms with E-state index in [0.717, 1.165) is 12.8 Å². The van der Waals surface area contributed by atoms with Gasteiger partial charge >= 0.3 is 5.97 Å². The predicted octanol–water partition coefficient (Wildman–Crippen LogP) is 1.22. The van der Waals surface area contributed by atoms with Gasteiger partial charge in [0.25, 0.3) is 0 Å². The molecule has 0 aliphatic carbocycles. The summed E-state index contributed by atoms with van der Waals surface area (Å²) >= 11 is 0. The molecule has 0 rings (SSSR count). The lowest BCUT2D eigenvalue weighted by Crippen LogP contribution is -2.21. The minimum absolute atomic E-state index is 0.164.